The van der Waals surface area contributed by atoms with Crippen molar-refractivity contribution < 1.29 is 9.53 Å². The Balaban J connectivity index is 1.69. The highest BCUT2D eigenvalue weighted by Crippen LogP contribution is 2.26. The third-order valence-electron chi connectivity index (χ3n) is 3.88. The Hall–Kier alpha value is -2.28. The van der Waals surface area contributed by atoms with Gasteiger partial charge in [0.05, 0.1) is 6.04 Å². The lowest BCUT2D eigenvalue weighted by atomic mass is 10.0. The zero-order valence-electron chi connectivity index (χ0n) is 12.7. The molecule has 0 bridgehead atoms. The van der Waals surface area contributed by atoms with Gasteiger partial charge in [0.1, 0.15) is 11.4 Å². The summed E-state index contributed by atoms with van der Waals surface area (Å²) < 4.78 is 5.55. The van der Waals surface area contributed by atoms with Gasteiger partial charge in [-0.2, -0.15) is 5.10 Å². The lowest BCUT2D eigenvalue weighted by molar-refractivity contribution is -0.140. The average Bonchev–Trinajstić information content (AvgIpc) is 3.18. The van der Waals surface area contributed by atoms with Gasteiger partial charge in [-0.25, -0.2) is 4.98 Å². The van der Waals surface area contributed by atoms with Crippen molar-refractivity contribution in [3.05, 3.63) is 30.4 Å². The smallest absolute Gasteiger partial charge is 0.252 e. The van der Waals surface area contributed by atoms with Crippen molar-refractivity contribution in [2.24, 2.45) is 0 Å². The quantitative estimate of drug-likeness (QED) is 0.895. The van der Waals surface area contributed by atoms with Gasteiger partial charge >= 0.3 is 0 Å². The second-order valence-electron chi connectivity index (χ2n) is 5.66. The lowest BCUT2D eigenvalue weighted by Gasteiger charge is -2.23. The Kier molecular flexibility index (Phi) is 3.89. The van der Waals surface area contributed by atoms with Gasteiger partial charge in [-0.15, -0.1) is 0 Å². The lowest BCUT2D eigenvalue weighted by Crippen LogP contribution is -2.45. The third kappa shape index (κ3) is 2.85. The molecular weight excluding hydrogens is 282 g/mol. The van der Waals surface area contributed by atoms with Gasteiger partial charge in [-0.05, 0) is 38.8 Å². The van der Waals surface area contributed by atoms with Gasteiger partial charge in [-0.3, -0.25) is 14.9 Å². The highest BCUT2D eigenvalue weighted by Gasteiger charge is 2.38. The zero-order valence-corrected chi connectivity index (χ0v) is 12.7. The van der Waals surface area contributed by atoms with Crippen LogP contribution in [-0.2, 0) is 9.53 Å². The summed E-state index contributed by atoms with van der Waals surface area (Å²) in [5.41, 5.74) is 0.0927. The molecule has 116 valence electrons. The molecule has 0 aliphatic carbocycles. The van der Waals surface area contributed by atoms with Crippen LogP contribution >= 0.6 is 0 Å². The van der Waals surface area contributed by atoms with Crippen LogP contribution in [0.5, 0.6) is 0 Å². The van der Waals surface area contributed by atoms with Crippen LogP contribution in [0.2, 0.25) is 0 Å². The van der Waals surface area contributed by atoms with E-state index in [1.807, 2.05) is 26.0 Å². The molecule has 2 atom stereocenters. The molecule has 0 spiro atoms. The molecular formula is C15H19N5O2. The summed E-state index contributed by atoms with van der Waals surface area (Å²) in [6.45, 7) is 4.32. The minimum atomic E-state index is -0.736. The van der Waals surface area contributed by atoms with Crippen molar-refractivity contribution in [1.29, 1.82) is 0 Å². The number of hydrogen-bond acceptors (Lipinski definition) is 5. The first-order valence-electron chi connectivity index (χ1n) is 7.36. The molecule has 2 aromatic heterocycles. The number of amides is 1. The van der Waals surface area contributed by atoms with E-state index < -0.39 is 5.60 Å². The molecule has 3 rings (SSSR count). The summed E-state index contributed by atoms with van der Waals surface area (Å²) in [7, 11) is 0. The standard InChI is InChI=1S/C15H19N5O2/c1-10(17-14(21)15(2)6-4-8-22-15)12-18-13(20-19-12)11-5-3-7-16-9-11/h3,5,7,9-10H,4,6,8H2,1-2H3,(H,17,21)(H,18,19,20)/t10-,15-/m1/s1. The van der Waals surface area contributed by atoms with E-state index in [0.29, 0.717) is 18.3 Å². The van der Waals surface area contributed by atoms with Crippen molar-refractivity contribution in [3.8, 4) is 11.4 Å². The zero-order chi connectivity index (χ0) is 15.6. The van der Waals surface area contributed by atoms with E-state index in [2.05, 4.69) is 25.5 Å². The third-order valence-corrected chi connectivity index (χ3v) is 3.88. The highest BCUT2D eigenvalue weighted by atomic mass is 16.5. The molecule has 7 nitrogen and oxygen atoms in total. The van der Waals surface area contributed by atoms with E-state index >= 15 is 0 Å². The summed E-state index contributed by atoms with van der Waals surface area (Å²) in [4.78, 5) is 20.8. The molecule has 1 fully saturated rings. The molecule has 1 aliphatic heterocycles. The number of aromatic amines is 1. The molecule has 0 unspecified atom stereocenters. The van der Waals surface area contributed by atoms with E-state index in [1.165, 1.54) is 0 Å². The predicted molar refractivity (Wildman–Crippen MR) is 79.8 cm³/mol. The van der Waals surface area contributed by atoms with Crippen LogP contribution in [0.15, 0.2) is 24.5 Å². The van der Waals surface area contributed by atoms with E-state index in [-0.39, 0.29) is 11.9 Å². The Morgan fingerprint density at radius 2 is 2.41 bits per heavy atom. The number of carbonyl (C=O) groups excluding carboxylic acids is 1. The van der Waals surface area contributed by atoms with Crippen LogP contribution in [0, 0.1) is 0 Å². The molecule has 7 heteroatoms. The van der Waals surface area contributed by atoms with Crippen molar-refractivity contribution in [1.82, 2.24) is 25.5 Å². The van der Waals surface area contributed by atoms with Crippen molar-refractivity contribution in [3.63, 3.8) is 0 Å². The van der Waals surface area contributed by atoms with E-state index in [1.54, 1.807) is 12.4 Å². The first kappa shape index (κ1) is 14.6. The topological polar surface area (TPSA) is 92.8 Å². The second-order valence-corrected chi connectivity index (χ2v) is 5.66. The number of hydrogen-bond donors (Lipinski definition) is 2. The highest BCUT2D eigenvalue weighted by molar-refractivity contribution is 5.85. The van der Waals surface area contributed by atoms with Gasteiger partial charge in [-0.1, -0.05) is 0 Å². The van der Waals surface area contributed by atoms with Crippen LogP contribution in [0.3, 0.4) is 0 Å². The summed E-state index contributed by atoms with van der Waals surface area (Å²) in [5.74, 6) is 1.05. The Bertz CT molecular complexity index is 649. The maximum atomic E-state index is 12.3. The monoisotopic (exact) mass is 301 g/mol. The van der Waals surface area contributed by atoms with E-state index in [0.717, 1.165) is 18.4 Å². The molecule has 0 saturated carbocycles. The Morgan fingerprint density at radius 3 is 3.09 bits per heavy atom. The summed E-state index contributed by atoms with van der Waals surface area (Å²) in [6, 6.07) is 3.44. The molecule has 2 aromatic rings. The number of pyridine rings is 1. The second kappa shape index (κ2) is 5.84. The van der Waals surface area contributed by atoms with Crippen molar-refractivity contribution in [2.45, 2.75) is 38.3 Å². The largest absolute Gasteiger partial charge is 0.365 e. The van der Waals surface area contributed by atoms with Crippen LogP contribution in [0.25, 0.3) is 11.4 Å². The maximum Gasteiger partial charge on any atom is 0.252 e. The van der Waals surface area contributed by atoms with Gasteiger partial charge in [0.25, 0.3) is 5.91 Å². The number of nitrogens with zero attached hydrogens (tertiary/aromatic N) is 3. The Morgan fingerprint density at radius 1 is 1.55 bits per heavy atom. The van der Waals surface area contributed by atoms with Crippen LogP contribution < -0.4 is 5.32 Å². The van der Waals surface area contributed by atoms with Crippen LogP contribution in [-0.4, -0.2) is 38.3 Å². The summed E-state index contributed by atoms with van der Waals surface area (Å²) in [5, 5.41) is 9.97. The molecule has 1 aliphatic rings. The molecule has 0 aromatic carbocycles. The van der Waals surface area contributed by atoms with Crippen LogP contribution in [0.1, 0.15) is 38.6 Å². The molecule has 1 amide bonds. The number of ether oxygens (including phenoxy) is 1. The normalized spacial score (nSPS) is 22.5. The Labute approximate surface area is 128 Å². The molecule has 2 N–H and O–H groups in total. The number of aromatic nitrogens is 4. The van der Waals surface area contributed by atoms with Crippen LogP contribution in [0.4, 0.5) is 0 Å². The first-order valence-corrected chi connectivity index (χ1v) is 7.36. The fraction of sp³-hybridized carbons (Fsp3) is 0.467. The first-order chi connectivity index (χ1) is 10.6. The SMILES string of the molecule is C[C@@H](NC(=O)[C@@]1(C)CCCO1)c1nc(-c2cccnc2)n[nH]1. The molecule has 3 heterocycles. The van der Waals surface area contributed by atoms with Gasteiger partial charge in [0.2, 0.25) is 0 Å². The number of H-pyrrole nitrogens is 1. The van der Waals surface area contributed by atoms with Gasteiger partial charge in [0, 0.05) is 24.6 Å². The minimum absolute atomic E-state index is 0.114. The fourth-order valence-corrected chi connectivity index (χ4v) is 2.47. The number of rotatable bonds is 4. The summed E-state index contributed by atoms with van der Waals surface area (Å²) >= 11 is 0. The maximum absolute atomic E-state index is 12.3. The molecule has 1 saturated heterocycles. The van der Waals surface area contributed by atoms with Gasteiger partial charge in [0.15, 0.2) is 5.82 Å². The van der Waals surface area contributed by atoms with Crippen molar-refractivity contribution >= 4 is 5.91 Å². The van der Waals surface area contributed by atoms with E-state index in [4.69, 9.17) is 4.74 Å². The predicted octanol–water partition coefficient (Wildman–Crippen LogP) is 1.61. The van der Waals surface area contributed by atoms with Gasteiger partial charge < -0.3 is 10.1 Å². The average molecular weight is 301 g/mol. The fourth-order valence-electron chi connectivity index (χ4n) is 2.47. The van der Waals surface area contributed by atoms with E-state index in [9.17, 15) is 4.79 Å². The minimum Gasteiger partial charge on any atom is -0.365 e. The molecule has 22 heavy (non-hydrogen) atoms. The number of carbonyl (C=O) groups is 1. The molecule has 0 radical (unpaired) electrons. The summed E-state index contributed by atoms with van der Waals surface area (Å²) in [6.07, 6.45) is 5.04. The van der Waals surface area contributed by atoms with Crippen molar-refractivity contribution in [2.75, 3.05) is 6.61 Å². The number of nitrogens with one attached hydrogen (secondary N) is 2.